The average molecular weight is 377 g/mol. The van der Waals surface area contributed by atoms with Crippen LogP contribution in [0.5, 0.6) is 5.75 Å². The van der Waals surface area contributed by atoms with Crippen LogP contribution < -0.4 is 10.1 Å². The van der Waals surface area contributed by atoms with Gasteiger partial charge in [0.2, 0.25) is 0 Å². The predicted octanol–water partition coefficient (Wildman–Crippen LogP) is 3.76. The van der Waals surface area contributed by atoms with E-state index in [2.05, 4.69) is 26.4 Å². The van der Waals surface area contributed by atoms with Crippen LogP contribution in [0.2, 0.25) is 0 Å². The standard InChI is InChI=1S/C17H17BrN2O3/c1-12-9-14(18)7-8-15(12)20-17(21)11-23-19-10-13-5-3-4-6-16(13)22-2/h3-10H,11H2,1-2H3,(H,20,21)/b19-10-. The average Bonchev–Trinajstić information content (AvgIpc) is 2.54. The van der Waals surface area contributed by atoms with Gasteiger partial charge in [-0.2, -0.15) is 0 Å². The molecule has 0 saturated heterocycles. The van der Waals surface area contributed by atoms with Gasteiger partial charge >= 0.3 is 0 Å². The van der Waals surface area contributed by atoms with Crippen LogP contribution in [0.15, 0.2) is 52.1 Å². The molecule has 1 amide bonds. The van der Waals surface area contributed by atoms with Crippen molar-refractivity contribution in [1.82, 2.24) is 0 Å². The molecule has 0 aliphatic rings. The Hall–Kier alpha value is -2.34. The Bertz CT molecular complexity index is 717. The van der Waals surface area contributed by atoms with Gasteiger partial charge in [-0.05, 0) is 42.8 Å². The number of para-hydroxylation sites is 1. The number of halogens is 1. The monoisotopic (exact) mass is 376 g/mol. The number of hydrogen-bond acceptors (Lipinski definition) is 4. The van der Waals surface area contributed by atoms with Crippen molar-refractivity contribution in [1.29, 1.82) is 0 Å². The molecule has 2 aromatic carbocycles. The highest BCUT2D eigenvalue weighted by Gasteiger charge is 2.05. The molecule has 0 heterocycles. The highest BCUT2D eigenvalue weighted by atomic mass is 79.9. The lowest BCUT2D eigenvalue weighted by Gasteiger charge is -2.08. The molecular formula is C17H17BrN2O3. The van der Waals surface area contributed by atoms with Gasteiger partial charge in [0, 0.05) is 15.7 Å². The van der Waals surface area contributed by atoms with Crippen molar-refractivity contribution in [3.8, 4) is 5.75 Å². The number of methoxy groups -OCH3 is 1. The van der Waals surface area contributed by atoms with Gasteiger partial charge in [0.05, 0.1) is 13.3 Å². The number of oxime groups is 1. The number of aryl methyl sites for hydroxylation is 1. The van der Waals surface area contributed by atoms with E-state index >= 15 is 0 Å². The molecule has 0 aliphatic heterocycles. The summed E-state index contributed by atoms with van der Waals surface area (Å²) in [6, 6.07) is 13.0. The van der Waals surface area contributed by atoms with Gasteiger partial charge in [0.15, 0.2) is 6.61 Å². The molecule has 0 unspecified atom stereocenters. The number of carbonyl (C=O) groups excluding carboxylic acids is 1. The van der Waals surface area contributed by atoms with Crippen LogP contribution in [0.4, 0.5) is 5.69 Å². The molecule has 0 atom stereocenters. The summed E-state index contributed by atoms with van der Waals surface area (Å²) in [4.78, 5) is 16.9. The molecule has 0 bridgehead atoms. The maximum absolute atomic E-state index is 11.8. The molecule has 1 N–H and O–H groups in total. The molecule has 5 nitrogen and oxygen atoms in total. The van der Waals surface area contributed by atoms with Gasteiger partial charge in [0.25, 0.3) is 5.91 Å². The van der Waals surface area contributed by atoms with Crippen LogP contribution in [0.25, 0.3) is 0 Å². The van der Waals surface area contributed by atoms with E-state index in [1.807, 2.05) is 49.4 Å². The first-order valence-electron chi connectivity index (χ1n) is 6.94. The Balaban J connectivity index is 1.86. The van der Waals surface area contributed by atoms with Crippen LogP contribution in [-0.4, -0.2) is 25.8 Å². The number of benzene rings is 2. The molecule has 0 fully saturated rings. The van der Waals surface area contributed by atoms with Crippen LogP contribution in [-0.2, 0) is 9.63 Å². The molecule has 0 radical (unpaired) electrons. The Morgan fingerprint density at radius 3 is 2.83 bits per heavy atom. The van der Waals surface area contributed by atoms with E-state index in [-0.39, 0.29) is 12.5 Å². The summed E-state index contributed by atoms with van der Waals surface area (Å²) >= 11 is 3.38. The van der Waals surface area contributed by atoms with Crippen LogP contribution in [0.1, 0.15) is 11.1 Å². The molecule has 6 heteroatoms. The minimum Gasteiger partial charge on any atom is -0.496 e. The molecule has 23 heavy (non-hydrogen) atoms. The summed E-state index contributed by atoms with van der Waals surface area (Å²) in [6.45, 7) is 1.75. The number of anilines is 1. The molecule has 0 aromatic heterocycles. The highest BCUT2D eigenvalue weighted by molar-refractivity contribution is 9.10. The molecule has 0 spiro atoms. The SMILES string of the molecule is COc1ccccc1/C=N\OCC(=O)Nc1ccc(Br)cc1C. The molecule has 120 valence electrons. The topological polar surface area (TPSA) is 59.9 Å². The first-order valence-corrected chi connectivity index (χ1v) is 7.74. The number of amides is 1. The third-order valence-electron chi connectivity index (χ3n) is 3.06. The van der Waals surface area contributed by atoms with E-state index in [4.69, 9.17) is 9.57 Å². The molecule has 2 rings (SSSR count). The fourth-order valence-electron chi connectivity index (χ4n) is 1.92. The van der Waals surface area contributed by atoms with Crippen LogP contribution in [0, 0.1) is 6.92 Å². The summed E-state index contributed by atoms with van der Waals surface area (Å²) in [7, 11) is 1.58. The molecular weight excluding hydrogens is 360 g/mol. The van der Waals surface area contributed by atoms with Crippen molar-refractivity contribution in [2.45, 2.75) is 6.92 Å². The van der Waals surface area contributed by atoms with Crippen molar-refractivity contribution in [2.24, 2.45) is 5.16 Å². The fraction of sp³-hybridized carbons (Fsp3) is 0.176. The van der Waals surface area contributed by atoms with Crippen molar-refractivity contribution in [2.75, 3.05) is 19.0 Å². The normalized spacial score (nSPS) is 10.6. The smallest absolute Gasteiger partial charge is 0.265 e. The number of nitrogens with one attached hydrogen (secondary N) is 1. The van der Waals surface area contributed by atoms with Crippen molar-refractivity contribution < 1.29 is 14.4 Å². The summed E-state index contributed by atoms with van der Waals surface area (Å²) in [6.07, 6.45) is 1.51. The lowest BCUT2D eigenvalue weighted by Crippen LogP contribution is -2.17. The minimum atomic E-state index is -0.271. The Morgan fingerprint density at radius 1 is 1.30 bits per heavy atom. The summed E-state index contributed by atoms with van der Waals surface area (Å²) < 4.78 is 6.16. The van der Waals surface area contributed by atoms with Gasteiger partial charge in [-0.25, -0.2) is 0 Å². The molecule has 0 saturated carbocycles. The van der Waals surface area contributed by atoms with Gasteiger partial charge in [0.1, 0.15) is 5.75 Å². The second kappa shape index (κ2) is 8.33. The van der Waals surface area contributed by atoms with Crippen LogP contribution in [0.3, 0.4) is 0 Å². The molecule has 2 aromatic rings. The zero-order valence-electron chi connectivity index (χ0n) is 12.9. The largest absolute Gasteiger partial charge is 0.496 e. The van der Waals surface area contributed by atoms with Gasteiger partial charge < -0.3 is 14.9 Å². The maximum atomic E-state index is 11.8. The highest BCUT2D eigenvalue weighted by Crippen LogP contribution is 2.20. The fourth-order valence-corrected chi connectivity index (χ4v) is 2.39. The third-order valence-corrected chi connectivity index (χ3v) is 3.56. The Labute approximate surface area is 143 Å². The number of nitrogens with zero attached hydrogens (tertiary/aromatic N) is 1. The lowest BCUT2D eigenvalue weighted by molar-refractivity contribution is -0.120. The van der Waals surface area contributed by atoms with Crippen molar-refractivity contribution in [3.63, 3.8) is 0 Å². The Kier molecular flexibility index (Phi) is 6.17. The third kappa shape index (κ3) is 5.10. The maximum Gasteiger partial charge on any atom is 0.265 e. The lowest BCUT2D eigenvalue weighted by atomic mass is 10.2. The number of ether oxygens (including phenoxy) is 1. The summed E-state index contributed by atoms with van der Waals surface area (Å²) in [5.41, 5.74) is 2.49. The summed E-state index contributed by atoms with van der Waals surface area (Å²) in [5.74, 6) is 0.419. The first kappa shape index (κ1) is 17.0. The van der Waals surface area contributed by atoms with Crippen LogP contribution >= 0.6 is 15.9 Å². The Morgan fingerprint density at radius 2 is 2.09 bits per heavy atom. The molecule has 0 aliphatic carbocycles. The van der Waals surface area contributed by atoms with E-state index in [0.29, 0.717) is 5.75 Å². The first-order chi connectivity index (χ1) is 11.1. The van der Waals surface area contributed by atoms with Crippen molar-refractivity contribution >= 4 is 33.7 Å². The van der Waals surface area contributed by atoms with E-state index in [1.54, 1.807) is 7.11 Å². The van der Waals surface area contributed by atoms with E-state index < -0.39 is 0 Å². The second-order valence-electron chi connectivity index (χ2n) is 4.76. The van der Waals surface area contributed by atoms with Gasteiger partial charge in [-0.3, -0.25) is 4.79 Å². The minimum absolute atomic E-state index is 0.166. The van der Waals surface area contributed by atoms with Gasteiger partial charge in [-0.15, -0.1) is 0 Å². The number of carbonyl (C=O) groups is 1. The quantitative estimate of drug-likeness (QED) is 0.616. The van der Waals surface area contributed by atoms with Gasteiger partial charge in [-0.1, -0.05) is 33.2 Å². The van der Waals surface area contributed by atoms with Crippen molar-refractivity contribution in [3.05, 3.63) is 58.1 Å². The van der Waals surface area contributed by atoms with E-state index in [9.17, 15) is 4.79 Å². The second-order valence-corrected chi connectivity index (χ2v) is 5.67. The zero-order chi connectivity index (χ0) is 16.7. The van der Waals surface area contributed by atoms with E-state index in [0.717, 1.165) is 21.3 Å². The van der Waals surface area contributed by atoms with E-state index in [1.165, 1.54) is 6.21 Å². The number of hydrogen-bond donors (Lipinski definition) is 1. The predicted molar refractivity (Wildman–Crippen MR) is 94.0 cm³/mol. The zero-order valence-corrected chi connectivity index (χ0v) is 14.5. The summed E-state index contributed by atoms with van der Waals surface area (Å²) in [5, 5.41) is 6.57. The number of rotatable bonds is 6.